The van der Waals surface area contributed by atoms with E-state index in [9.17, 15) is 0 Å². The standard InChI is InChI=1S/C22H21N/c1-4-15-12-16(5-2)21-20(13-15)14(3)18-11-10-17-8-6-7-9-19(17)22(18)23-21/h6-13H,4-5H2,1-3H3. The summed E-state index contributed by atoms with van der Waals surface area (Å²) in [5.41, 5.74) is 6.41. The molecule has 0 fully saturated rings. The number of hydrogen-bond donors (Lipinski definition) is 0. The molecule has 1 heteroatoms. The number of hydrogen-bond acceptors (Lipinski definition) is 1. The van der Waals surface area contributed by atoms with E-state index in [-0.39, 0.29) is 0 Å². The van der Waals surface area contributed by atoms with E-state index in [4.69, 9.17) is 4.98 Å². The number of fused-ring (bicyclic) bond motifs is 4. The highest BCUT2D eigenvalue weighted by Gasteiger charge is 2.12. The molecule has 23 heavy (non-hydrogen) atoms. The van der Waals surface area contributed by atoms with Crippen LogP contribution in [0.2, 0.25) is 0 Å². The number of aryl methyl sites for hydroxylation is 3. The van der Waals surface area contributed by atoms with E-state index in [1.54, 1.807) is 0 Å². The van der Waals surface area contributed by atoms with Crippen molar-refractivity contribution in [2.75, 3.05) is 0 Å². The zero-order chi connectivity index (χ0) is 16.0. The van der Waals surface area contributed by atoms with Gasteiger partial charge in [-0.3, -0.25) is 0 Å². The van der Waals surface area contributed by atoms with Gasteiger partial charge in [0.25, 0.3) is 0 Å². The predicted octanol–water partition coefficient (Wildman–Crippen LogP) is 5.97. The van der Waals surface area contributed by atoms with E-state index in [1.165, 1.54) is 43.8 Å². The number of nitrogens with zero attached hydrogens (tertiary/aromatic N) is 1. The molecule has 0 aliphatic heterocycles. The molecule has 3 aromatic carbocycles. The van der Waals surface area contributed by atoms with Gasteiger partial charge < -0.3 is 0 Å². The number of aromatic nitrogens is 1. The third-order valence-corrected chi connectivity index (χ3v) is 4.97. The lowest BCUT2D eigenvalue weighted by molar-refractivity contribution is 1.10. The van der Waals surface area contributed by atoms with Crippen LogP contribution in [0.25, 0.3) is 32.6 Å². The van der Waals surface area contributed by atoms with Crippen LogP contribution in [0.1, 0.15) is 30.5 Å². The number of pyridine rings is 1. The van der Waals surface area contributed by atoms with Crippen LogP contribution < -0.4 is 0 Å². The minimum atomic E-state index is 1.02. The molecule has 0 unspecified atom stereocenters. The molecule has 0 amide bonds. The molecule has 0 atom stereocenters. The molecular weight excluding hydrogens is 278 g/mol. The summed E-state index contributed by atoms with van der Waals surface area (Å²) in [7, 11) is 0. The van der Waals surface area contributed by atoms with Crippen LogP contribution in [0, 0.1) is 6.92 Å². The largest absolute Gasteiger partial charge is 0.247 e. The first-order chi connectivity index (χ1) is 11.2. The first-order valence-corrected chi connectivity index (χ1v) is 8.46. The van der Waals surface area contributed by atoms with Gasteiger partial charge in [-0.2, -0.15) is 0 Å². The van der Waals surface area contributed by atoms with E-state index in [2.05, 4.69) is 69.3 Å². The molecule has 1 heterocycles. The maximum atomic E-state index is 5.11. The summed E-state index contributed by atoms with van der Waals surface area (Å²) in [6.07, 6.45) is 2.09. The molecule has 0 saturated carbocycles. The highest BCUT2D eigenvalue weighted by atomic mass is 14.7. The SMILES string of the molecule is CCc1cc(CC)c2nc3c(ccc4ccccc43)c(C)c2c1. The van der Waals surface area contributed by atoms with Crippen LogP contribution in [0.4, 0.5) is 0 Å². The Morgan fingerprint density at radius 1 is 0.783 bits per heavy atom. The van der Waals surface area contributed by atoms with Gasteiger partial charge in [-0.15, -0.1) is 0 Å². The van der Waals surface area contributed by atoms with Crippen LogP contribution in [0.5, 0.6) is 0 Å². The molecule has 0 spiro atoms. The molecule has 4 aromatic rings. The molecule has 4 rings (SSSR count). The van der Waals surface area contributed by atoms with Crippen molar-refractivity contribution in [2.24, 2.45) is 0 Å². The monoisotopic (exact) mass is 299 g/mol. The second-order valence-electron chi connectivity index (χ2n) is 6.28. The van der Waals surface area contributed by atoms with E-state index >= 15 is 0 Å². The molecule has 1 aromatic heterocycles. The minimum Gasteiger partial charge on any atom is -0.247 e. The van der Waals surface area contributed by atoms with Crippen LogP contribution >= 0.6 is 0 Å². The lowest BCUT2D eigenvalue weighted by Gasteiger charge is -2.13. The van der Waals surface area contributed by atoms with Crippen molar-refractivity contribution < 1.29 is 0 Å². The Morgan fingerprint density at radius 2 is 1.61 bits per heavy atom. The van der Waals surface area contributed by atoms with E-state index in [0.29, 0.717) is 0 Å². The van der Waals surface area contributed by atoms with Crippen molar-refractivity contribution in [3.63, 3.8) is 0 Å². The van der Waals surface area contributed by atoms with Crippen LogP contribution in [-0.2, 0) is 12.8 Å². The van der Waals surface area contributed by atoms with Crippen molar-refractivity contribution >= 4 is 32.6 Å². The van der Waals surface area contributed by atoms with Crippen molar-refractivity contribution in [3.05, 3.63) is 65.2 Å². The van der Waals surface area contributed by atoms with E-state index in [1.807, 2.05) is 0 Å². The normalized spacial score (nSPS) is 11.6. The number of benzene rings is 3. The summed E-state index contributed by atoms with van der Waals surface area (Å²) >= 11 is 0. The summed E-state index contributed by atoms with van der Waals surface area (Å²) in [6, 6.07) is 17.6. The van der Waals surface area contributed by atoms with Crippen LogP contribution in [0.3, 0.4) is 0 Å². The second kappa shape index (κ2) is 5.34. The maximum absolute atomic E-state index is 5.11. The third-order valence-electron chi connectivity index (χ3n) is 4.97. The van der Waals surface area contributed by atoms with E-state index in [0.717, 1.165) is 18.4 Å². The van der Waals surface area contributed by atoms with Gasteiger partial charge in [0.05, 0.1) is 11.0 Å². The van der Waals surface area contributed by atoms with Gasteiger partial charge in [-0.05, 0) is 47.9 Å². The van der Waals surface area contributed by atoms with Gasteiger partial charge in [-0.1, -0.05) is 56.3 Å². The zero-order valence-corrected chi connectivity index (χ0v) is 14.0. The van der Waals surface area contributed by atoms with Gasteiger partial charge in [0.15, 0.2) is 0 Å². The van der Waals surface area contributed by atoms with Crippen LogP contribution in [0.15, 0.2) is 48.5 Å². The molecule has 114 valence electrons. The Bertz CT molecular complexity index is 1040. The fourth-order valence-corrected chi connectivity index (χ4v) is 3.59. The lowest BCUT2D eigenvalue weighted by Crippen LogP contribution is -1.95. The molecule has 0 bridgehead atoms. The first kappa shape index (κ1) is 14.2. The van der Waals surface area contributed by atoms with Crippen LogP contribution in [-0.4, -0.2) is 4.98 Å². The topological polar surface area (TPSA) is 12.9 Å². The Morgan fingerprint density at radius 3 is 2.39 bits per heavy atom. The predicted molar refractivity (Wildman–Crippen MR) is 100 cm³/mol. The van der Waals surface area contributed by atoms with Gasteiger partial charge in [0, 0.05) is 16.2 Å². The van der Waals surface area contributed by atoms with Gasteiger partial charge in [-0.25, -0.2) is 4.98 Å². The van der Waals surface area contributed by atoms with Gasteiger partial charge >= 0.3 is 0 Å². The van der Waals surface area contributed by atoms with Gasteiger partial charge in [0.1, 0.15) is 0 Å². The van der Waals surface area contributed by atoms with E-state index < -0.39 is 0 Å². The molecule has 1 nitrogen and oxygen atoms in total. The molecule has 0 aliphatic carbocycles. The Hall–Kier alpha value is -2.41. The quantitative estimate of drug-likeness (QED) is 0.328. The summed E-state index contributed by atoms with van der Waals surface area (Å²) in [5.74, 6) is 0. The summed E-state index contributed by atoms with van der Waals surface area (Å²) < 4.78 is 0. The summed E-state index contributed by atoms with van der Waals surface area (Å²) in [5, 5.41) is 5.08. The van der Waals surface area contributed by atoms with Crippen molar-refractivity contribution in [1.29, 1.82) is 0 Å². The Balaban J connectivity index is 2.23. The molecular formula is C22H21N. The average Bonchev–Trinajstić information content (AvgIpc) is 2.61. The fraction of sp³-hybridized carbons (Fsp3) is 0.227. The van der Waals surface area contributed by atoms with Gasteiger partial charge in [0.2, 0.25) is 0 Å². The minimum absolute atomic E-state index is 1.02. The molecule has 0 aliphatic rings. The Labute approximate surface area is 137 Å². The van der Waals surface area contributed by atoms with Crippen molar-refractivity contribution in [1.82, 2.24) is 4.98 Å². The smallest absolute Gasteiger partial charge is 0.0790 e. The second-order valence-corrected chi connectivity index (χ2v) is 6.28. The first-order valence-electron chi connectivity index (χ1n) is 8.46. The highest BCUT2D eigenvalue weighted by molar-refractivity contribution is 6.10. The molecule has 0 radical (unpaired) electrons. The average molecular weight is 299 g/mol. The van der Waals surface area contributed by atoms with Crippen molar-refractivity contribution in [3.8, 4) is 0 Å². The Kier molecular flexibility index (Phi) is 3.30. The highest BCUT2D eigenvalue weighted by Crippen LogP contribution is 2.32. The fourth-order valence-electron chi connectivity index (χ4n) is 3.59. The molecule has 0 N–H and O–H groups in total. The lowest BCUT2D eigenvalue weighted by atomic mass is 9.95. The third kappa shape index (κ3) is 2.11. The maximum Gasteiger partial charge on any atom is 0.0790 e. The summed E-state index contributed by atoms with van der Waals surface area (Å²) in [4.78, 5) is 5.11. The number of rotatable bonds is 2. The van der Waals surface area contributed by atoms with Crippen molar-refractivity contribution in [2.45, 2.75) is 33.6 Å². The summed E-state index contributed by atoms with van der Waals surface area (Å²) in [6.45, 7) is 6.68. The molecule has 0 saturated heterocycles. The zero-order valence-electron chi connectivity index (χ0n) is 14.0.